The number of hydrogen-bond donors (Lipinski definition) is 0. The molecule has 0 fully saturated rings. The summed E-state index contributed by atoms with van der Waals surface area (Å²) >= 11 is 3.33. The first kappa shape index (κ1) is 18.1. The molecule has 2 aromatic rings. The summed E-state index contributed by atoms with van der Waals surface area (Å²) in [7, 11) is 2.95. The Morgan fingerprint density at radius 2 is 1.92 bits per heavy atom. The van der Waals surface area contributed by atoms with Crippen molar-refractivity contribution in [2.24, 2.45) is 0 Å². The van der Waals surface area contributed by atoms with Gasteiger partial charge in [0, 0.05) is 11.5 Å². The average Bonchev–Trinajstić information content (AvgIpc) is 2.93. The fourth-order valence-electron chi connectivity index (χ4n) is 2.04. The lowest BCUT2D eigenvalue weighted by Gasteiger charge is -2.16. The predicted molar refractivity (Wildman–Crippen MR) is 90.9 cm³/mol. The first-order chi connectivity index (χ1) is 11.4. The molecule has 0 aliphatic heterocycles. The number of halogens is 1. The Labute approximate surface area is 148 Å². The second-order valence-electron chi connectivity index (χ2n) is 5.17. The van der Waals surface area contributed by atoms with Crippen LogP contribution in [0.2, 0.25) is 0 Å². The molecule has 7 heteroatoms. The zero-order chi connectivity index (χ0) is 17.7. The minimum atomic E-state index is -0.463. The number of rotatable bonds is 6. The molecule has 128 valence electrons. The quantitative estimate of drug-likeness (QED) is 0.702. The smallest absolute Gasteiger partial charge is 0.341 e. The number of hydrogen-bond acceptors (Lipinski definition) is 5. The minimum Gasteiger partial charge on any atom is -0.484 e. The van der Waals surface area contributed by atoms with Gasteiger partial charge < -0.3 is 18.8 Å². The molecule has 0 bridgehead atoms. The van der Waals surface area contributed by atoms with Crippen LogP contribution in [0.1, 0.15) is 21.9 Å². The van der Waals surface area contributed by atoms with Crippen molar-refractivity contribution in [3.8, 4) is 5.75 Å². The van der Waals surface area contributed by atoms with Crippen LogP contribution >= 0.6 is 15.9 Å². The van der Waals surface area contributed by atoms with Gasteiger partial charge in [-0.25, -0.2) is 4.79 Å². The molecular formula is C17H18BrNO5. The molecule has 6 nitrogen and oxygen atoms in total. The molecule has 1 aromatic carbocycles. The van der Waals surface area contributed by atoms with E-state index in [-0.39, 0.29) is 19.1 Å². The van der Waals surface area contributed by atoms with Gasteiger partial charge in [0.1, 0.15) is 22.8 Å². The number of carbonyl (C=O) groups is 2. The molecule has 24 heavy (non-hydrogen) atoms. The third-order valence-electron chi connectivity index (χ3n) is 3.37. The van der Waals surface area contributed by atoms with Crippen LogP contribution in [-0.2, 0) is 16.1 Å². The van der Waals surface area contributed by atoms with Crippen molar-refractivity contribution in [2.45, 2.75) is 13.5 Å². The van der Waals surface area contributed by atoms with Crippen LogP contribution in [0.3, 0.4) is 0 Å². The molecular weight excluding hydrogens is 378 g/mol. The van der Waals surface area contributed by atoms with Gasteiger partial charge >= 0.3 is 5.97 Å². The summed E-state index contributed by atoms with van der Waals surface area (Å²) < 4.78 is 16.6. The molecule has 1 amide bonds. The third-order valence-corrected chi connectivity index (χ3v) is 3.90. The van der Waals surface area contributed by atoms with E-state index in [4.69, 9.17) is 9.15 Å². The Hall–Kier alpha value is -2.28. The first-order valence-electron chi connectivity index (χ1n) is 7.20. The predicted octanol–water partition coefficient (Wildman–Crippen LogP) is 3.17. The van der Waals surface area contributed by atoms with E-state index in [1.807, 2.05) is 12.1 Å². The van der Waals surface area contributed by atoms with E-state index in [1.54, 1.807) is 32.2 Å². The second-order valence-corrected chi connectivity index (χ2v) is 6.08. The van der Waals surface area contributed by atoms with E-state index in [1.165, 1.54) is 12.0 Å². The van der Waals surface area contributed by atoms with Crippen LogP contribution in [0.5, 0.6) is 5.75 Å². The zero-order valence-electron chi connectivity index (χ0n) is 13.7. The Morgan fingerprint density at radius 1 is 1.25 bits per heavy atom. The fourth-order valence-corrected chi connectivity index (χ4v) is 2.31. The highest BCUT2D eigenvalue weighted by Gasteiger charge is 2.18. The van der Waals surface area contributed by atoms with Crippen LogP contribution < -0.4 is 4.74 Å². The molecule has 1 heterocycles. The number of ether oxygens (including phenoxy) is 2. The van der Waals surface area contributed by atoms with Gasteiger partial charge in [-0.05, 0) is 37.3 Å². The Morgan fingerprint density at radius 3 is 2.54 bits per heavy atom. The summed E-state index contributed by atoms with van der Waals surface area (Å²) in [6, 6.07) is 8.80. The first-order valence-corrected chi connectivity index (χ1v) is 8.00. The third kappa shape index (κ3) is 4.61. The normalized spacial score (nSPS) is 10.3. The maximum Gasteiger partial charge on any atom is 0.341 e. The van der Waals surface area contributed by atoms with Gasteiger partial charge in [0.05, 0.1) is 13.7 Å². The number of aryl methyl sites for hydroxylation is 1. The molecule has 0 N–H and O–H groups in total. The van der Waals surface area contributed by atoms with Crippen molar-refractivity contribution in [3.05, 3.63) is 51.9 Å². The molecule has 0 aliphatic rings. The summed E-state index contributed by atoms with van der Waals surface area (Å²) in [6.07, 6.45) is 0. The van der Waals surface area contributed by atoms with Crippen molar-refractivity contribution in [2.75, 3.05) is 20.8 Å². The van der Waals surface area contributed by atoms with E-state index in [0.29, 0.717) is 22.8 Å². The number of methoxy groups -OCH3 is 1. The number of esters is 1. The number of likely N-dealkylation sites (N-methyl/N-ethyl adjacent to an activating group) is 1. The van der Waals surface area contributed by atoms with Crippen LogP contribution in [0.4, 0.5) is 0 Å². The monoisotopic (exact) mass is 395 g/mol. The van der Waals surface area contributed by atoms with Gasteiger partial charge in [-0.2, -0.15) is 0 Å². The average molecular weight is 396 g/mol. The summed E-state index contributed by atoms with van der Waals surface area (Å²) in [4.78, 5) is 25.2. The molecule has 0 saturated carbocycles. The number of nitrogens with zero attached hydrogens (tertiary/aromatic N) is 1. The Bertz CT molecular complexity index is 723. The van der Waals surface area contributed by atoms with Crippen molar-refractivity contribution < 1.29 is 23.5 Å². The summed E-state index contributed by atoms with van der Waals surface area (Å²) in [6.45, 7) is 1.83. The highest BCUT2D eigenvalue weighted by atomic mass is 79.9. The zero-order valence-corrected chi connectivity index (χ0v) is 15.3. The largest absolute Gasteiger partial charge is 0.484 e. The fraction of sp³-hybridized carbons (Fsp3) is 0.294. The molecule has 2 rings (SSSR count). The number of furan rings is 1. The summed E-state index contributed by atoms with van der Waals surface area (Å²) in [5, 5.41) is 0. The van der Waals surface area contributed by atoms with Crippen molar-refractivity contribution in [1.82, 2.24) is 4.90 Å². The van der Waals surface area contributed by atoms with Crippen LogP contribution in [-0.4, -0.2) is 37.5 Å². The maximum absolute atomic E-state index is 12.1. The van der Waals surface area contributed by atoms with Crippen LogP contribution in [0.25, 0.3) is 0 Å². The Kier molecular flexibility index (Phi) is 6.03. The molecule has 0 saturated heterocycles. The number of benzene rings is 1. The molecule has 1 aromatic heterocycles. The molecule has 0 aliphatic carbocycles. The van der Waals surface area contributed by atoms with Gasteiger partial charge in [-0.1, -0.05) is 15.9 Å². The summed E-state index contributed by atoms with van der Waals surface area (Å²) in [5.41, 5.74) is 0.361. The van der Waals surface area contributed by atoms with Crippen LogP contribution in [0, 0.1) is 6.92 Å². The van der Waals surface area contributed by atoms with Crippen LogP contribution in [0.15, 0.2) is 39.2 Å². The van der Waals surface area contributed by atoms with Crippen molar-refractivity contribution in [3.63, 3.8) is 0 Å². The lowest BCUT2D eigenvalue weighted by atomic mass is 10.2. The molecule has 0 unspecified atom stereocenters. The maximum atomic E-state index is 12.1. The number of carbonyl (C=O) groups excluding carboxylic acids is 2. The number of amides is 1. The molecule has 0 spiro atoms. The van der Waals surface area contributed by atoms with E-state index < -0.39 is 5.97 Å². The lowest BCUT2D eigenvalue weighted by Crippen LogP contribution is -2.30. The lowest BCUT2D eigenvalue weighted by molar-refractivity contribution is -0.132. The highest BCUT2D eigenvalue weighted by Crippen LogP contribution is 2.18. The standard InChI is InChI=1S/C17H18BrNO5/c1-11-15(17(21)22-3)8-14(24-11)9-19(2)16(20)10-23-13-6-4-12(18)5-7-13/h4-8H,9-10H2,1-3H3. The minimum absolute atomic E-state index is 0.0817. The van der Waals surface area contributed by atoms with E-state index in [9.17, 15) is 9.59 Å². The highest BCUT2D eigenvalue weighted by molar-refractivity contribution is 9.10. The molecule has 0 radical (unpaired) electrons. The van der Waals surface area contributed by atoms with Crippen molar-refractivity contribution >= 4 is 27.8 Å². The van der Waals surface area contributed by atoms with Gasteiger partial charge in [0.15, 0.2) is 6.61 Å². The van der Waals surface area contributed by atoms with Gasteiger partial charge in [0.25, 0.3) is 5.91 Å². The second kappa shape index (κ2) is 8.01. The van der Waals surface area contributed by atoms with Gasteiger partial charge in [0.2, 0.25) is 0 Å². The SMILES string of the molecule is COC(=O)c1cc(CN(C)C(=O)COc2ccc(Br)cc2)oc1C. The molecule has 0 atom stereocenters. The van der Waals surface area contributed by atoms with Crippen molar-refractivity contribution in [1.29, 1.82) is 0 Å². The topological polar surface area (TPSA) is 69.0 Å². The van der Waals surface area contributed by atoms with E-state index >= 15 is 0 Å². The summed E-state index contributed by atoms with van der Waals surface area (Å²) in [5.74, 6) is 0.916. The van der Waals surface area contributed by atoms with Gasteiger partial charge in [-0.3, -0.25) is 4.79 Å². The van der Waals surface area contributed by atoms with E-state index in [0.717, 1.165) is 4.47 Å². The van der Waals surface area contributed by atoms with Gasteiger partial charge in [-0.15, -0.1) is 0 Å². The Balaban J connectivity index is 1.91. The van der Waals surface area contributed by atoms with E-state index in [2.05, 4.69) is 20.7 Å².